The maximum atomic E-state index is 6.19. The number of anilines is 3. The van der Waals surface area contributed by atoms with Gasteiger partial charge in [-0.15, -0.1) is 0 Å². The molecule has 234 valence electrons. The van der Waals surface area contributed by atoms with E-state index in [4.69, 9.17) is 4.42 Å². The molecule has 2 heteroatoms. The molecule has 0 aliphatic heterocycles. The highest BCUT2D eigenvalue weighted by Crippen LogP contribution is 2.39. The summed E-state index contributed by atoms with van der Waals surface area (Å²) in [5.74, 6) is 0. The summed E-state index contributed by atoms with van der Waals surface area (Å²) >= 11 is 0. The lowest BCUT2D eigenvalue weighted by atomic mass is 9.97. The summed E-state index contributed by atoms with van der Waals surface area (Å²) in [6.07, 6.45) is 0. The van der Waals surface area contributed by atoms with Crippen molar-refractivity contribution in [1.29, 1.82) is 0 Å². The third-order valence-corrected chi connectivity index (χ3v) is 10.0. The number of para-hydroxylation sites is 2. The molecule has 0 saturated heterocycles. The first-order valence-corrected chi connectivity index (χ1v) is 17.1. The Morgan fingerprint density at radius 2 is 0.820 bits per heavy atom. The van der Waals surface area contributed by atoms with Gasteiger partial charge in [-0.3, -0.25) is 0 Å². The summed E-state index contributed by atoms with van der Waals surface area (Å²) < 4.78 is 6.19. The molecule has 0 unspecified atom stereocenters. The highest BCUT2D eigenvalue weighted by molar-refractivity contribution is 6.19. The molecule has 0 amide bonds. The van der Waals surface area contributed by atoms with Crippen LogP contribution in [0.4, 0.5) is 17.1 Å². The van der Waals surface area contributed by atoms with Gasteiger partial charge in [-0.1, -0.05) is 127 Å². The topological polar surface area (TPSA) is 16.4 Å². The van der Waals surface area contributed by atoms with Gasteiger partial charge in [0.1, 0.15) is 11.2 Å². The van der Waals surface area contributed by atoms with Crippen LogP contribution in [0, 0.1) is 0 Å². The average molecular weight is 638 g/mol. The molecular weight excluding hydrogens is 607 g/mol. The normalized spacial score (nSPS) is 11.6. The van der Waals surface area contributed by atoms with Crippen LogP contribution >= 0.6 is 0 Å². The van der Waals surface area contributed by atoms with Crippen molar-refractivity contribution in [2.45, 2.75) is 0 Å². The molecule has 0 aliphatic rings. The van der Waals surface area contributed by atoms with Crippen molar-refractivity contribution in [2.75, 3.05) is 4.90 Å². The molecule has 0 atom stereocenters. The van der Waals surface area contributed by atoms with Gasteiger partial charge < -0.3 is 9.32 Å². The van der Waals surface area contributed by atoms with E-state index in [9.17, 15) is 0 Å². The minimum Gasteiger partial charge on any atom is -0.456 e. The number of nitrogens with zero attached hydrogens (tertiary/aromatic N) is 1. The average Bonchev–Trinajstić information content (AvgIpc) is 3.58. The second-order valence-corrected chi connectivity index (χ2v) is 13.0. The Morgan fingerprint density at radius 1 is 0.300 bits per heavy atom. The molecule has 50 heavy (non-hydrogen) atoms. The predicted octanol–water partition coefficient (Wildman–Crippen LogP) is 13.8. The third kappa shape index (κ3) is 4.73. The number of hydrogen-bond acceptors (Lipinski definition) is 2. The van der Waals surface area contributed by atoms with Gasteiger partial charge in [0.25, 0.3) is 0 Å². The van der Waals surface area contributed by atoms with Gasteiger partial charge in [-0.2, -0.15) is 0 Å². The standard InChI is InChI=1S/C48H31NO/c1-2-9-39(10-3-1)49(40-24-18-32(19-25-40)36-22-28-43-38(30-36)17-15-34-8-4-5-11-42(34)43)41-26-20-33(21-27-41)37-16-14-35-23-29-47-48(45(35)31-37)44-12-6-7-13-46(44)50-47/h1-31H. The summed E-state index contributed by atoms with van der Waals surface area (Å²) in [6.45, 7) is 0. The van der Waals surface area contributed by atoms with Crippen LogP contribution in [0.2, 0.25) is 0 Å². The zero-order chi connectivity index (χ0) is 33.0. The van der Waals surface area contributed by atoms with Crippen LogP contribution in [-0.2, 0) is 0 Å². The van der Waals surface area contributed by atoms with Crippen LogP contribution in [0.3, 0.4) is 0 Å². The van der Waals surface area contributed by atoms with E-state index in [0.717, 1.165) is 33.6 Å². The van der Waals surface area contributed by atoms with Crippen molar-refractivity contribution in [2.24, 2.45) is 0 Å². The predicted molar refractivity (Wildman–Crippen MR) is 212 cm³/mol. The quantitative estimate of drug-likeness (QED) is 0.175. The fraction of sp³-hybridized carbons (Fsp3) is 0. The van der Waals surface area contributed by atoms with Crippen molar-refractivity contribution in [3.8, 4) is 22.3 Å². The Labute approximate surface area is 290 Å². The fourth-order valence-corrected chi connectivity index (χ4v) is 7.55. The maximum absolute atomic E-state index is 6.19. The van der Waals surface area contributed by atoms with E-state index >= 15 is 0 Å². The van der Waals surface area contributed by atoms with Crippen LogP contribution in [-0.4, -0.2) is 0 Å². The second kappa shape index (κ2) is 11.5. The monoisotopic (exact) mass is 637 g/mol. The van der Waals surface area contributed by atoms with Gasteiger partial charge >= 0.3 is 0 Å². The summed E-state index contributed by atoms with van der Waals surface area (Å²) in [7, 11) is 0. The fourth-order valence-electron chi connectivity index (χ4n) is 7.55. The van der Waals surface area contributed by atoms with E-state index in [2.05, 4.69) is 181 Å². The van der Waals surface area contributed by atoms with Crippen molar-refractivity contribution < 1.29 is 4.42 Å². The first kappa shape index (κ1) is 28.4. The van der Waals surface area contributed by atoms with Gasteiger partial charge in [0.2, 0.25) is 0 Å². The lowest BCUT2D eigenvalue weighted by Gasteiger charge is -2.26. The Morgan fingerprint density at radius 3 is 1.60 bits per heavy atom. The molecule has 0 radical (unpaired) electrons. The van der Waals surface area contributed by atoms with Gasteiger partial charge in [0.05, 0.1) is 0 Å². The number of rotatable bonds is 5. The van der Waals surface area contributed by atoms with E-state index in [1.807, 2.05) is 12.1 Å². The van der Waals surface area contributed by atoms with Crippen molar-refractivity contribution in [1.82, 2.24) is 0 Å². The van der Waals surface area contributed by atoms with Crippen molar-refractivity contribution in [3.05, 3.63) is 188 Å². The lowest BCUT2D eigenvalue weighted by Crippen LogP contribution is -2.09. The summed E-state index contributed by atoms with van der Waals surface area (Å²) in [6, 6.07) is 67.5. The van der Waals surface area contributed by atoms with Crippen LogP contribution in [0.5, 0.6) is 0 Å². The molecule has 1 heterocycles. The largest absolute Gasteiger partial charge is 0.456 e. The van der Waals surface area contributed by atoms with Crippen molar-refractivity contribution in [3.63, 3.8) is 0 Å². The molecule has 2 nitrogen and oxygen atoms in total. The number of furan rings is 1. The molecule has 0 N–H and O–H groups in total. The molecule has 9 aromatic carbocycles. The highest BCUT2D eigenvalue weighted by Gasteiger charge is 2.15. The van der Waals surface area contributed by atoms with E-state index in [-0.39, 0.29) is 0 Å². The van der Waals surface area contributed by atoms with E-state index in [0.29, 0.717) is 0 Å². The molecule has 0 aliphatic carbocycles. The highest BCUT2D eigenvalue weighted by atomic mass is 16.3. The Balaban J connectivity index is 1.01. The van der Waals surface area contributed by atoms with Gasteiger partial charge in [0.15, 0.2) is 0 Å². The first-order chi connectivity index (χ1) is 24.8. The number of fused-ring (bicyclic) bond motifs is 8. The van der Waals surface area contributed by atoms with Crippen LogP contribution in [0.15, 0.2) is 192 Å². The maximum Gasteiger partial charge on any atom is 0.136 e. The second-order valence-electron chi connectivity index (χ2n) is 13.0. The molecule has 0 bridgehead atoms. The molecule has 0 fully saturated rings. The smallest absolute Gasteiger partial charge is 0.136 e. The van der Waals surface area contributed by atoms with Gasteiger partial charge in [-0.25, -0.2) is 0 Å². The first-order valence-electron chi connectivity index (χ1n) is 17.1. The molecule has 10 aromatic rings. The molecular formula is C48H31NO. The van der Waals surface area contributed by atoms with Gasteiger partial charge in [-0.05, 0) is 115 Å². The third-order valence-electron chi connectivity index (χ3n) is 10.0. The summed E-state index contributed by atoms with van der Waals surface area (Å²) in [5.41, 5.74) is 9.94. The minimum absolute atomic E-state index is 0.921. The Hall–Kier alpha value is -6.64. The zero-order valence-corrected chi connectivity index (χ0v) is 27.3. The van der Waals surface area contributed by atoms with Crippen LogP contribution in [0.25, 0.3) is 76.5 Å². The summed E-state index contributed by atoms with van der Waals surface area (Å²) in [5, 5.41) is 9.85. The van der Waals surface area contributed by atoms with Crippen molar-refractivity contribution >= 4 is 71.3 Å². The van der Waals surface area contributed by atoms with Crippen LogP contribution in [0.1, 0.15) is 0 Å². The number of hydrogen-bond donors (Lipinski definition) is 0. The Kier molecular flexibility index (Phi) is 6.53. The minimum atomic E-state index is 0.921. The molecule has 0 saturated carbocycles. The lowest BCUT2D eigenvalue weighted by molar-refractivity contribution is 0.669. The van der Waals surface area contributed by atoms with Crippen LogP contribution < -0.4 is 4.90 Å². The van der Waals surface area contributed by atoms with Gasteiger partial charge in [0, 0.05) is 27.8 Å². The zero-order valence-electron chi connectivity index (χ0n) is 27.3. The van der Waals surface area contributed by atoms with E-state index in [1.165, 1.54) is 60.0 Å². The Bertz CT molecular complexity index is 2850. The number of benzene rings is 9. The van der Waals surface area contributed by atoms with E-state index in [1.54, 1.807) is 0 Å². The van der Waals surface area contributed by atoms with E-state index < -0.39 is 0 Å². The molecule has 10 rings (SSSR count). The summed E-state index contributed by atoms with van der Waals surface area (Å²) in [4.78, 5) is 2.32. The molecule has 0 spiro atoms. The SMILES string of the molecule is c1ccc(N(c2ccc(-c3ccc4c(ccc5ccccc54)c3)cc2)c2ccc(-c3ccc4ccc5oc6ccccc6c5c4c3)cc2)cc1. The molecule has 1 aromatic heterocycles.